The summed E-state index contributed by atoms with van der Waals surface area (Å²) in [6, 6.07) is 1.25. The number of halogens is 3. The van der Waals surface area contributed by atoms with Crippen LogP contribution >= 0.6 is 0 Å². The van der Waals surface area contributed by atoms with Crippen molar-refractivity contribution in [1.29, 1.82) is 0 Å². The Bertz CT molecular complexity index is 874. The summed E-state index contributed by atoms with van der Waals surface area (Å²) >= 11 is 0. The third-order valence-electron chi connectivity index (χ3n) is 4.13. The summed E-state index contributed by atoms with van der Waals surface area (Å²) in [7, 11) is -5.75. The van der Waals surface area contributed by atoms with Crippen molar-refractivity contribution in [2.75, 3.05) is 6.54 Å². The van der Waals surface area contributed by atoms with Crippen molar-refractivity contribution in [1.82, 2.24) is 4.90 Å². The molecule has 1 amide bonds. The van der Waals surface area contributed by atoms with Crippen molar-refractivity contribution < 1.29 is 35.3 Å². The standard InChI is InChI=1S/C17H22F3NO5S.C3H8/c1-10-8-14(26-27(23,24)17(18,19)20)11(2)12-6-7-21(9-13(10)12)15(22)25-16(3,4)5;1-3-2/h8H,6-7,9H2,1-5H3;3H2,1-2H3. The van der Waals surface area contributed by atoms with Gasteiger partial charge in [0.25, 0.3) is 0 Å². The molecular weight excluding hydrogens is 423 g/mol. The maximum absolute atomic E-state index is 12.6. The van der Waals surface area contributed by atoms with Crippen molar-refractivity contribution in [2.24, 2.45) is 0 Å². The van der Waals surface area contributed by atoms with Gasteiger partial charge in [-0.15, -0.1) is 0 Å². The molecule has 0 bridgehead atoms. The van der Waals surface area contributed by atoms with Gasteiger partial charge in [-0.2, -0.15) is 21.6 Å². The number of aryl methyl sites for hydroxylation is 1. The van der Waals surface area contributed by atoms with Crippen LogP contribution in [0.2, 0.25) is 0 Å². The van der Waals surface area contributed by atoms with Crippen LogP contribution in [0.25, 0.3) is 0 Å². The smallest absolute Gasteiger partial charge is 0.444 e. The number of alkyl halides is 3. The molecule has 10 heteroatoms. The minimum Gasteiger partial charge on any atom is -0.444 e. The van der Waals surface area contributed by atoms with E-state index in [0.717, 1.165) is 5.56 Å². The number of nitrogens with zero attached hydrogens (tertiary/aromatic N) is 1. The molecule has 0 radical (unpaired) electrons. The number of rotatable bonds is 2. The number of benzene rings is 1. The van der Waals surface area contributed by atoms with Gasteiger partial charge in [-0.1, -0.05) is 20.3 Å². The van der Waals surface area contributed by atoms with E-state index < -0.39 is 27.3 Å². The van der Waals surface area contributed by atoms with Crippen LogP contribution in [0.1, 0.15) is 63.3 Å². The van der Waals surface area contributed by atoms with E-state index in [1.807, 2.05) is 0 Å². The van der Waals surface area contributed by atoms with Crippen molar-refractivity contribution in [3.05, 3.63) is 28.3 Å². The van der Waals surface area contributed by atoms with E-state index >= 15 is 0 Å². The number of fused-ring (bicyclic) bond motifs is 1. The number of carbonyl (C=O) groups excluding carboxylic acids is 1. The molecule has 2 rings (SSSR count). The van der Waals surface area contributed by atoms with Crippen molar-refractivity contribution >= 4 is 16.2 Å². The second kappa shape index (κ2) is 9.45. The van der Waals surface area contributed by atoms with Gasteiger partial charge in [0.2, 0.25) is 0 Å². The average molecular weight is 454 g/mol. The van der Waals surface area contributed by atoms with Gasteiger partial charge in [0.1, 0.15) is 11.4 Å². The first kappa shape index (κ1) is 26.1. The first-order valence-electron chi connectivity index (χ1n) is 9.64. The van der Waals surface area contributed by atoms with Crippen LogP contribution in [0.15, 0.2) is 6.07 Å². The summed E-state index contributed by atoms with van der Waals surface area (Å²) in [5, 5.41) is 0. The molecule has 0 aliphatic carbocycles. The van der Waals surface area contributed by atoms with Crippen LogP contribution in [-0.4, -0.2) is 37.1 Å². The molecule has 0 atom stereocenters. The molecule has 0 saturated carbocycles. The van der Waals surface area contributed by atoms with Crippen molar-refractivity contribution in [3.63, 3.8) is 0 Å². The van der Waals surface area contributed by atoms with Gasteiger partial charge in [0, 0.05) is 13.1 Å². The number of hydrogen-bond acceptors (Lipinski definition) is 5. The highest BCUT2D eigenvalue weighted by molar-refractivity contribution is 7.88. The summed E-state index contributed by atoms with van der Waals surface area (Å²) in [4.78, 5) is 13.8. The monoisotopic (exact) mass is 453 g/mol. The lowest BCUT2D eigenvalue weighted by atomic mass is 9.91. The van der Waals surface area contributed by atoms with E-state index in [0.29, 0.717) is 29.7 Å². The number of ether oxygens (including phenoxy) is 1. The SMILES string of the molecule is CCC.Cc1cc(OS(=O)(=O)C(F)(F)F)c(C)c2c1CN(C(=O)OC(C)(C)C)CC2. The lowest BCUT2D eigenvalue weighted by Crippen LogP contribution is -2.40. The summed E-state index contributed by atoms with van der Waals surface area (Å²) in [6.07, 6.45) is 1.12. The van der Waals surface area contributed by atoms with Crippen LogP contribution in [0.3, 0.4) is 0 Å². The van der Waals surface area contributed by atoms with Gasteiger partial charge >= 0.3 is 21.7 Å². The highest BCUT2D eigenvalue weighted by atomic mass is 32.2. The molecule has 172 valence electrons. The maximum Gasteiger partial charge on any atom is 0.534 e. The Kier molecular flexibility index (Phi) is 8.21. The molecule has 1 heterocycles. The van der Waals surface area contributed by atoms with Crippen LogP contribution < -0.4 is 4.18 Å². The molecule has 0 unspecified atom stereocenters. The highest BCUT2D eigenvalue weighted by Crippen LogP contribution is 2.35. The first-order valence-corrected chi connectivity index (χ1v) is 11.1. The van der Waals surface area contributed by atoms with Gasteiger partial charge in [-0.3, -0.25) is 0 Å². The van der Waals surface area contributed by atoms with Crippen LogP contribution in [0.5, 0.6) is 5.75 Å². The lowest BCUT2D eigenvalue weighted by molar-refractivity contribution is -0.0500. The van der Waals surface area contributed by atoms with Crippen LogP contribution in [0.4, 0.5) is 18.0 Å². The third kappa shape index (κ3) is 6.52. The van der Waals surface area contributed by atoms with E-state index in [1.165, 1.54) is 24.3 Å². The summed E-state index contributed by atoms with van der Waals surface area (Å²) in [5.41, 5.74) is -3.87. The minimum atomic E-state index is -5.75. The summed E-state index contributed by atoms with van der Waals surface area (Å²) < 4.78 is 70.1. The Labute approximate surface area is 176 Å². The van der Waals surface area contributed by atoms with E-state index in [1.54, 1.807) is 27.7 Å². The van der Waals surface area contributed by atoms with E-state index in [2.05, 4.69) is 18.0 Å². The van der Waals surface area contributed by atoms with Crippen LogP contribution in [0, 0.1) is 13.8 Å². The number of amides is 1. The quantitative estimate of drug-likeness (QED) is 0.452. The van der Waals surface area contributed by atoms with Gasteiger partial charge < -0.3 is 13.8 Å². The summed E-state index contributed by atoms with van der Waals surface area (Å²) in [5.74, 6) is -0.353. The van der Waals surface area contributed by atoms with Gasteiger partial charge in [-0.05, 0) is 69.4 Å². The highest BCUT2D eigenvalue weighted by Gasteiger charge is 2.49. The first-order chi connectivity index (χ1) is 13.5. The van der Waals surface area contributed by atoms with E-state index in [-0.39, 0.29) is 12.3 Å². The fourth-order valence-corrected chi connectivity index (χ4v) is 3.32. The van der Waals surface area contributed by atoms with Crippen LogP contribution in [-0.2, 0) is 27.8 Å². The van der Waals surface area contributed by atoms with E-state index in [4.69, 9.17) is 4.74 Å². The molecule has 0 fully saturated rings. The fourth-order valence-electron chi connectivity index (χ4n) is 2.81. The Morgan fingerprint density at radius 1 is 1.13 bits per heavy atom. The molecule has 1 aliphatic heterocycles. The molecule has 1 aromatic carbocycles. The molecule has 1 aromatic rings. The Morgan fingerprint density at radius 3 is 2.13 bits per heavy atom. The van der Waals surface area contributed by atoms with Crippen molar-refractivity contribution in [3.8, 4) is 5.75 Å². The zero-order chi connectivity index (χ0) is 23.5. The van der Waals surface area contributed by atoms with Crippen molar-refractivity contribution in [2.45, 2.75) is 79.0 Å². The second-order valence-electron chi connectivity index (χ2n) is 8.12. The normalized spacial score (nSPS) is 14.4. The zero-order valence-electron chi connectivity index (χ0n) is 18.4. The van der Waals surface area contributed by atoms with Gasteiger partial charge in [0.15, 0.2) is 0 Å². The molecule has 0 N–H and O–H groups in total. The second-order valence-corrected chi connectivity index (χ2v) is 9.65. The predicted molar refractivity (Wildman–Crippen MR) is 108 cm³/mol. The molecule has 0 saturated heterocycles. The predicted octanol–water partition coefficient (Wildman–Crippen LogP) is 5.24. The van der Waals surface area contributed by atoms with Gasteiger partial charge in [-0.25, -0.2) is 4.79 Å². The molecule has 0 spiro atoms. The Hall–Kier alpha value is -1.97. The number of carbonyl (C=O) groups is 1. The largest absolute Gasteiger partial charge is 0.534 e. The average Bonchev–Trinajstić information content (AvgIpc) is 2.57. The topological polar surface area (TPSA) is 72.9 Å². The zero-order valence-corrected chi connectivity index (χ0v) is 19.3. The third-order valence-corrected chi connectivity index (χ3v) is 5.09. The molecule has 6 nitrogen and oxygen atoms in total. The Balaban J connectivity index is 0.00000141. The molecular formula is C20H30F3NO5S. The van der Waals surface area contributed by atoms with E-state index in [9.17, 15) is 26.4 Å². The number of hydrogen-bond donors (Lipinski definition) is 0. The maximum atomic E-state index is 12.6. The summed E-state index contributed by atoms with van der Waals surface area (Å²) in [6.45, 7) is 13.2. The molecule has 30 heavy (non-hydrogen) atoms. The lowest BCUT2D eigenvalue weighted by Gasteiger charge is -2.33. The van der Waals surface area contributed by atoms with Gasteiger partial charge in [0.05, 0.1) is 0 Å². The molecule has 1 aliphatic rings. The Morgan fingerprint density at radius 2 is 1.67 bits per heavy atom. The fraction of sp³-hybridized carbons (Fsp3) is 0.650. The minimum absolute atomic E-state index is 0.225. The molecule has 0 aromatic heterocycles.